The minimum absolute atomic E-state index is 0.00898. The Morgan fingerprint density at radius 1 is 1.13 bits per heavy atom. The Balaban J connectivity index is 1.57. The van der Waals surface area contributed by atoms with Gasteiger partial charge in [0.2, 0.25) is 0 Å². The monoisotopic (exact) mass is 334 g/mol. The van der Waals surface area contributed by atoms with Crippen molar-refractivity contribution < 1.29 is 9.18 Å². The van der Waals surface area contributed by atoms with E-state index in [4.69, 9.17) is 11.6 Å². The lowest BCUT2D eigenvalue weighted by Crippen LogP contribution is -2.50. The van der Waals surface area contributed by atoms with Crippen molar-refractivity contribution in [3.05, 3.63) is 53.6 Å². The molecule has 0 unspecified atom stereocenters. The molecule has 0 aliphatic carbocycles. The fourth-order valence-electron chi connectivity index (χ4n) is 2.50. The number of benzene rings is 1. The van der Waals surface area contributed by atoms with Crippen LogP contribution in [0.3, 0.4) is 0 Å². The van der Waals surface area contributed by atoms with E-state index in [2.05, 4.69) is 15.2 Å². The number of hydrogen-bond donors (Lipinski definition) is 1. The zero-order valence-corrected chi connectivity index (χ0v) is 13.1. The third kappa shape index (κ3) is 3.71. The van der Waals surface area contributed by atoms with Crippen molar-refractivity contribution in [1.29, 1.82) is 0 Å². The first-order chi connectivity index (χ1) is 11.1. The lowest BCUT2D eigenvalue weighted by Gasteiger charge is -2.36. The van der Waals surface area contributed by atoms with E-state index in [1.165, 1.54) is 18.2 Å². The topological polar surface area (TPSA) is 48.5 Å². The van der Waals surface area contributed by atoms with Crippen LogP contribution < -0.4 is 10.2 Å². The number of carbonyl (C=O) groups is 1. The highest BCUT2D eigenvalue weighted by molar-refractivity contribution is 6.31. The maximum absolute atomic E-state index is 13.1. The third-order valence-electron chi connectivity index (χ3n) is 3.77. The average molecular weight is 335 g/mol. The second-order valence-electron chi connectivity index (χ2n) is 5.24. The first-order valence-corrected chi connectivity index (χ1v) is 7.67. The lowest BCUT2D eigenvalue weighted by atomic mass is 10.2. The number of piperazine rings is 1. The smallest absolute Gasteiger partial charge is 0.321 e. The van der Waals surface area contributed by atoms with Gasteiger partial charge in [-0.2, -0.15) is 0 Å². The van der Waals surface area contributed by atoms with Gasteiger partial charge in [0, 0.05) is 49.9 Å². The van der Waals surface area contributed by atoms with E-state index in [0.717, 1.165) is 18.8 Å². The van der Waals surface area contributed by atoms with Crippen molar-refractivity contribution in [1.82, 2.24) is 9.88 Å². The number of hydrogen-bond acceptors (Lipinski definition) is 3. The SMILES string of the molecule is O=C(Nc1ccc(F)c(Cl)c1)N1CCN(c2ccncc2)CC1. The number of amides is 2. The molecule has 2 heterocycles. The number of nitrogens with zero attached hydrogens (tertiary/aromatic N) is 3. The van der Waals surface area contributed by atoms with Crippen LogP contribution >= 0.6 is 11.6 Å². The summed E-state index contributed by atoms with van der Waals surface area (Å²) < 4.78 is 13.1. The first kappa shape index (κ1) is 15.6. The van der Waals surface area contributed by atoms with E-state index in [-0.39, 0.29) is 11.1 Å². The number of rotatable bonds is 2. The average Bonchev–Trinajstić information content (AvgIpc) is 2.59. The fraction of sp³-hybridized carbons (Fsp3) is 0.250. The van der Waals surface area contributed by atoms with Crippen LogP contribution in [0.4, 0.5) is 20.6 Å². The van der Waals surface area contributed by atoms with Crippen LogP contribution in [0.1, 0.15) is 0 Å². The summed E-state index contributed by atoms with van der Waals surface area (Å²) in [5.41, 5.74) is 1.59. The standard InChI is InChI=1S/C16H16ClFN4O/c17-14-11-12(1-2-15(14)18)20-16(23)22-9-7-21(8-10-22)13-3-5-19-6-4-13/h1-6,11H,7-10H2,(H,20,23). The van der Waals surface area contributed by atoms with Crippen LogP contribution in [-0.2, 0) is 0 Å². The molecule has 1 aliphatic heterocycles. The highest BCUT2D eigenvalue weighted by atomic mass is 35.5. The van der Waals surface area contributed by atoms with E-state index in [1.54, 1.807) is 17.3 Å². The van der Waals surface area contributed by atoms with Gasteiger partial charge >= 0.3 is 6.03 Å². The van der Waals surface area contributed by atoms with Gasteiger partial charge in [0.25, 0.3) is 0 Å². The summed E-state index contributed by atoms with van der Waals surface area (Å²) in [7, 11) is 0. The molecule has 1 saturated heterocycles. The molecule has 0 spiro atoms. The van der Waals surface area contributed by atoms with E-state index in [0.29, 0.717) is 18.8 Å². The zero-order valence-electron chi connectivity index (χ0n) is 12.4. The Hall–Kier alpha value is -2.34. The Morgan fingerprint density at radius 2 is 1.83 bits per heavy atom. The number of halogens is 2. The molecule has 0 radical (unpaired) electrons. The Kier molecular flexibility index (Phi) is 4.62. The number of anilines is 2. The van der Waals surface area contributed by atoms with Crippen molar-refractivity contribution in [3.8, 4) is 0 Å². The molecule has 5 nitrogen and oxygen atoms in total. The van der Waals surface area contributed by atoms with Crippen LogP contribution in [0.5, 0.6) is 0 Å². The molecular formula is C16H16ClFN4O. The summed E-state index contributed by atoms with van der Waals surface area (Å²) in [5.74, 6) is -0.504. The largest absolute Gasteiger partial charge is 0.368 e. The summed E-state index contributed by atoms with van der Waals surface area (Å²) in [6.45, 7) is 2.73. The molecule has 2 aromatic rings. The van der Waals surface area contributed by atoms with Gasteiger partial charge in [0.1, 0.15) is 5.82 Å². The summed E-state index contributed by atoms with van der Waals surface area (Å²) in [6.07, 6.45) is 3.51. The summed E-state index contributed by atoms with van der Waals surface area (Å²) in [6, 6.07) is 7.84. The molecule has 0 bridgehead atoms. The van der Waals surface area contributed by atoms with Crippen LogP contribution in [0.2, 0.25) is 5.02 Å². The van der Waals surface area contributed by atoms with Crippen LogP contribution in [0.25, 0.3) is 0 Å². The van der Waals surface area contributed by atoms with Crippen molar-refractivity contribution in [2.24, 2.45) is 0 Å². The fourth-order valence-corrected chi connectivity index (χ4v) is 2.68. The van der Waals surface area contributed by atoms with E-state index in [1.807, 2.05) is 12.1 Å². The Labute approximate surface area is 138 Å². The minimum Gasteiger partial charge on any atom is -0.368 e. The lowest BCUT2D eigenvalue weighted by molar-refractivity contribution is 0.208. The maximum Gasteiger partial charge on any atom is 0.321 e. The summed E-state index contributed by atoms with van der Waals surface area (Å²) in [5, 5.41) is 2.73. The predicted octanol–water partition coefficient (Wildman–Crippen LogP) is 3.23. The number of aromatic nitrogens is 1. The normalized spacial score (nSPS) is 14.7. The molecule has 2 amide bonds. The van der Waals surface area contributed by atoms with Crippen molar-refractivity contribution in [2.75, 3.05) is 36.4 Å². The highest BCUT2D eigenvalue weighted by Crippen LogP contribution is 2.20. The van der Waals surface area contributed by atoms with Gasteiger partial charge in [-0.15, -0.1) is 0 Å². The molecule has 1 N–H and O–H groups in total. The zero-order chi connectivity index (χ0) is 16.2. The van der Waals surface area contributed by atoms with Crippen LogP contribution in [0, 0.1) is 5.82 Å². The van der Waals surface area contributed by atoms with Crippen molar-refractivity contribution in [3.63, 3.8) is 0 Å². The number of pyridine rings is 1. The van der Waals surface area contributed by atoms with Gasteiger partial charge in [0.05, 0.1) is 5.02 Å². The maximum atomic E-state index is 13.1. The Bertz CT molecular complexity index is 690. The van der Waals surface area contributed by atoms with E-state index < -0.39 is 5.82 Å². The second-order valence-corrected chi connectivity index (χ2v) is 5.65. The number of urea groups is 1. The Morgan fingerprint density at radius 3 is 2.48 bits per heavy atom. The second kappa shape index (κ2) is 6.83. The molecule has 0 atom stereocenters. The molecule has 7 heteroatoms. The molecule has 23 heavy (non-hydrogen) atoms. The molecule has 1 aromatic heterocycles. The molecule has 1 fully saturated rings. The number of carbonyl (C=O) groups excluding carboxylic acids is 1. The van der Waals surface area contributed by atoms with Gasteiger partial charge in [-0.1, -0.05) is 11.6 Å². The van der Waals surface area contributed by atoms with Gasteiger partial charge < -0.3 is 15.1 Å². The van der Waals surface area contributed by atoms with Gasteiger partial charge in [0.15, 0.2) is 0 Å². The third-order valence-corrected chi connectivity index (χ3v) is 4.06. The summed E-state index contributed by atoms with van der Waals surface area (Å²) in [4.78, 5) is 20.2. The minimum atomic E-state index is -0.504. The van der Waals surface area contributed by atoms with E-state index in [9.17, 15) is 9.18 Å². The van der Waals surface area contributed by atoms with Gasteiger partial charge in [-0.25, -0.2) is 9.18 Å². The molecule has 1 aliphatic rings. The van der Waals surface area contributed by atoms with Crippen molar-refractivity contribution in [2.45, 2.75) is 0 Å². The van der Waals surface area contributed by atoms with Gasteiger partial charge in [-0.05, 0) is 30.3 Å². The number of nitrogens with one attached hydrogen (secondary N) is 1. The van der Waals surface area contributed by atoms with Crippen molar-refractivity contribution >= 4 is 29.0 Å². The predicted molar refractivity (Wildman–Crippen MR) is 88.5 cm³/mol. The molecule has 1 aromatic carbocycles. The molecule has 3 rings (SSSR count). The molecular weight excluding hydrogens is 319 g/mol. The van der Waals surface area contributed by atoms with Crippen LogP contribution in [-0.4, -0.2) is 42.1 Å². The van der Waals surface area contributed by atoms with Crippen LogP contribution in [0.15, 0.2) is 42.7 Å². The molecule has 120 valence electrons. The highest BCUT2D eigenvalue weighted by Gasteiger charge is 2.21. The first-order valence-electron chi connectivity index (χ1n) is 7.29. The van der Waals surface area contributed by atoms with E-state index >= 15 is 0 Å². The summed E-state index contributed by atoms with van der Waals surface area (Å²) >= 11 is 5.72. The quantitative estimate of drug-likeness (QED) is 0.917. The molecule has 0 saturated carbocycles. The van der Waals surface area contributed by atoms with Gasteiger partial charge in [-0.3, -0.25) is 4.98 Å².